The Bertz CT molecular complexity index is 981. The van der Waals surface area contributed by atoms with E-state index >= 15 is 0 Å². The molecule has 2 saturated heterocycles. The molecule has 0 aromatic carbocycles. The number of halogens is 2. The molecule has 0 aliphatic carbocycles. The molecule has 6 atom stereocenters. The molecule has 0 spiro atoms. The van der Waals surface area contributed by atoms with Crippen LogP contribution in [0.15, 0.2) is 10.6 Å². The van der Waals surface area contributed by atoms with Crippen LogP contribution in [0.25, 0.3) is 0 Å². The molecule has 206 valence electrons. The van der Waals surface area contributed by atoms with Gasteiger partial charge >= 0.3 is 12.4 Å². The highest BCUT2D eigenvalue weighted by Gasteiger charge is 2.60. The molecule has 0 radical (unpaired) electrons. The van der Waals surface area contributed by atoms with E-state index in [4.69, 9.17) is 5.11 Å². The lowest BCUT2D eigenvalue weighted by Gasteiger charge is -2.47. The molecule has 2 fully saturated rings. The maximum absolute atomic E-state index is 12.8. The zero-order valence-electron chi connectivity index (χ0n) is 20.3. The van der Waals surface area contributed by atoms with Gasteiger partial charge < -0.3 is 36.4 Å². The van der Waals surface area contributed by atoms with E-state index in [1.165, 1.54) is 23.6 Å². The maximum Gasteiger partial charge on any atom is 0.353 e. The summed E-state index contributed by atoms with van der Waals surface area (Å²) >= 11 is 1.27. The van der Waals surface area contributed by atoms with Crippen molar-refractivity contribution < 1.29 is 43.0 Å². The predicted molar refractivity (Wildman–Crippen MR) is 127 cm³/mol. The topological polar surface area (TPSA) is 177 Å². The molecule has 3 aliphatic heterocycles. The summed E-state index contributed by atoms with van der Waals surface area (Å²) in [6.45, 7) is 3.69. The van der Waals surface area contributed by atoms with Gasteiger partial charge in [-0.25, -0.2) is 4.79 Å². The number of alkyl halides is 2. The van der Waals surface area contributed by atoms with Crippen LogP contribution in [0.3, 0.4) is 0 Å². The van der Waals surface area contributed by atoms with Crippen LogP contribution in [0.1, 0.15) is 26.7 Å². The Kier molecular flexibility index (Phi) is 9.47. The summed E-state index contributed by atoms with van der Waals surface area (Å²) < 4.78 is 25.3. The normalized spacial score (nSPS) is 27.6. The van der Waals surface area contributed by atoms with Crippen LogP contribution in [0.2, 0.25) is 0 Å². The lowest BCUT2D eigenvalue weighted by molar-refractivity contribution is -0.159. The van der Waals surface area contributed by atoms with Crippen LogP contribution in [-0.4, -0.2) is 101 Å². The van der Waals surface area contributed by atoms with Crippen LogP contribution in [0.5, 0.6) is 0 Å². The molecule has 3 rings (SSSR count). The zero-order chi connectivity index (χ0) is 27.4. The van der Waals surface area contributed by atoms with Gasteiger partial charge in [-0.2, -0.15) is 8.78 Å². The number of carbonyl (C=O) groups is 5. The number of carbonyl (C=O) groups excluding carboxylic acids is 4. The van der Waals surface area contributed by atoms with E-state index in [9.17, 15) is 37.9 Å². The number of hydrogen-bond donors (Lipinski definition) is 6. The molecule has 0 unspecified atom stereocenters. The third-order valence-electron chi connectivity index (χ3n) is 6.68. The van der Waals surface area contributed by atoms with Crippen molar-refractivity contribution in [2.75, 3.05) is 26.2 Å². The molecule has 37 heavy (non-hydrogen) atoms. The fourth-order valence-corrected chi connectivity index (χ4v) is 6.43. The second-order valence-corrected chi connectivity index (χ2v) is 10.5. The third kappa shape index (κ3) is 6.21. The SMILES string of the molecule is C[C@@H](NC(=O)C(F)F)[C@H]1C(=O)N2C(C(=O)O)=C(S[C@@H]3CN[C@H](C(=O)NCCC(=O)NCCO)C3)[C@H](C)[C@H]12. The minimum atomic E-state index is -3.23. The van der Waals surface area contributed by atoms with E-state index in [0.29, 0.717) is 17.9 Å². The predicted octanol–water partition coefficient (Wildman–Crippen LogP) is -1.39. The minimum absolute atomic E-state index is 0.0611. The average molecular weight is 548 g/mol. The van der Waals surface area contributed by atoms with Crippen LogP contribution in [0, 0.1) is 11.8 Å². The Morgan fingerprint density at radius 3 is 2.54 bits per heavy atom. The zero-order valence-corrected chi connectivity index (χ0v) is 21.1. The number of hydrogen-bond acceptors (Lipinski definition) is 8. The molecular weight excluding hydrogens is 516 g/mol. The van der Waals surface area contributed by atoms with Crippen molar-refractivity contribution in [2.45, 2.75) is 56.5 Å². The van der Waals surface area contributed by atoms with Gasteiger partial charge in [0.1, 0.15) is 5.70 Å². The first kappa shape index (κ1) is 28.8. The summed E-state index contributed by atoms with van der Waals surface area (Å²) in [6, 6.07) is -2.02. The van der Waals surface area contributed by atoms with Crippen LogP contribution < -0.4 is 21.3 Å². The molecule has 0 bridgehead atoms. The highest BCUT2D eigenvalue weighted by molar-refractivity contribution is 8.03. The van der Waals surface area contributed by atoms with Crippen LogP contribution >= 0.6 is 11.8 Å². The Balaban J connectivity index is 1.59. The number of nitrogens with one attached hydrogen (secondary N) is 4. The summed E-state index contributed by atoms with van der Waals surface area (Å²) in [7, 11) is 0. The molecule has 0 aromatic heterocycles. The fraction of sp³-hybridized carbons (Fsp3) is 0.682. The number of aliphatic hydroxyl groups excluding tert-OH is 1. The van der Waals surface area contributed by atoms with Gasteiger partial charge in [0.25, 0.3) is 5.91 Å². The maximum atomic E-state index is 12.8. The third-order valence-corrected chi connectivity index (χ3v) is 8.20. The van der Waals surface area contributed by atoms with E-state index in [0.717, 1.165) is 0 Å². The number of carboxylic acid groups (broad SMARTS) is 1. The van der Waals surface area contributed by atoms with E-state index in [1.54, 1.807) is 6.92 Å². The lowest BCUT2D eigenvalue weighted by Crippen LogP contribution is -2.66. The summed E-state index contributed by atoms with van der Waals surface area (Å²) in [5, 5.41) is 28.7. The monoisotopic (exact) mass is 547 g/mol. The Morgan fingerprint density at radius 2 is 1.92 bits per heavy atom. The van der Waals surface area contributed by atoms with E-state index in [1.807, 2.05) is 0 Å². The number of rotatable bonds is 12. The van der Waals surface area contributed by atoms with Gasteiger partial charge in [0.05, 0.1) is 24.6 Å². The fourth-order valence-electron chi connectivity index (χ4n) is 4.95. The Labute approximate surface area is 216 Å². The van der Waals surface area contributed by atoms with Crippen molar-refractivity contribution in [1.82, 2.24) is 26.2 Å². The Morgan fingerprint density at radius 1 is 1.22 bits per heavy atom. The van der Waals surface area contributed by atoms with Crippen molar-refractivity contribution in [3.05, 3.63) is 10.6 Å². The first-order chi connectivity index (χ1) is 17.5. The summed E-state index contributed by atoms with van der Waals surface area (Å²) in [5.41, 5.74) is -0.155. The van der Waals surface area contributed by atoms with Crippen LogP contribution in [0.4, 0.5) is 8.78 Å². The first-order valence-electron chi connectivity index (χ1n) is 11.9. The van der Waals surface area contributed by atoms with Gasteiger partial charge in [-0.15, -0.1) is 11.8 Å². The molecule has 4 amide bonds. The van der Waals surface area contributed by atoms with Gasteiger partial charge in [-0.1, -0.05) is 6.92 Å². The first-order valence-corrected chi connectivity index (χ1v) is 12.8. The molecule has 3 aliphatic rings. The molecule has 0 aromatic rings. The molecule has 15 heteroatoms. The molecule has 12 nitrogen and oxygen atoms in total. The van der Waals surface area contributed by atoms with Gasteiger partial charge in [-0.3, -0.25) is 19.2 Å². The standard InChI is InChI=1S/C22H31F2N5O7S/c1-9-15-14(10(2)28-20(33)18(23)24)21(34)29(15)16(22(35)36)17(9)37-11-7-12(27-8-11)19(32)26-4-3-13(31)25-5-6-30/h9-12,14-15,18,27,30H,3-8H2,1-2H3,(H,25,31)(H,26,32)(H,28,33)(H,35,36)/t9-,10-,11+,12+,14-,15-/m1/s1. The van der Waals surface area contributed by atoms with Gasteiger partial charge in [0, 0.05) is 48.2 Å². The number of aliphatic carboxylic acids is 1. The largest absolute Gasteiger partial charge is 0.477 e. The number of aliphatic hydroxyl groups is 1. The van der Waals surface area contributed by atoms with Crippen molar-refractivity contribution in [3.8, 4) is 0 Å². The summed E-state index contributed by atoms with van der Waals surface area (Å²) in [4.78, 5) is 61.9. The molecule has 6 N–H and O–H groups in total. The lowest BCUT2D eigenvalue weighted by atomic mass is 9.78. The smallest absolute Gasteiger partial charge is 0.353 e. The summed E-state index contributed by atoms with van der Waals surface area (Å²) in [6.07, 6.45) is -2.78. The second kappa shape index (κ2) is 12.2. The molecular formula is C22H31F2N5O7S. The number of amides is 4. The number of thioether (sulfide) groups is 1. The van der Waals surface area contributed by atoms with Crippen molar-refractivity contribution >= 4 is 41.4 Å². The van der Waals surface area contributed by atoms with Gasteiger partial charge in [-0.05, 0) is 13.3 Å². The summed E-state index contributed by atoms with van der Waals surface area (Å²) in [5.74, 6) is -5.16. The van der Waals surface area contributed by atoms with Crippen molar-refractivity contribution in [1.29, 1.82) is 0 Å². The minimum Gasteiger partial charge on any atom is -0.477 e. The number of carboxylic acids is 1. The number of fused-ring (bicyclic) bond motifs is 1. The van der Waals surface area contributed by atoms with E-state index < -0.39 is 54.2 Å². The highest BCUT2D eigenvalue weighted by atomic mass is 32.2. The quantitative estimate of drug-likeness (QED) is 0.161. The van der Waals surface area contributed by atoms with Gasteiger partial charge in [0.15, 0.2) is 0 Å². The molecule has 3 heterocycles. The van der Waals surface area contributed by atoms with Crippen molar-refractivity contribution in [3.63, 3.8) is 0 Å². The average Bonchev–Trinajstić information content (AvgIpc) is 3.39. The van der Waals surface area contributed by atoms with Crippen molar-refractivity contribution in [2.24, 2.45) is 11.8 Å². The van der Waals surface area contributed by atoms with E-state index in [2.05, 4.69) is 21.3 Å². The second-order valence-electron chi connectivity index (χ2n) is 9.18. The van der Waals surface area contributed by atoms with E-state index in [-0.39, 0.29) is 48.9 Å². The van der Waals surface area contributed by atoms with Crippen LogP contribution in [-0.2, 0) is 24.0 Å². The number of nitrogens with zero attached hydrogens (tertiary/aromatic N) is 1. The van der Waals surface area contributed by atoms with Gasteiger partial charge in [0.2, 0.25) is 17.7 Å². The number of β-lactam (4-membered cyclic amide) rings is 1. The highest BCUT2D eigenvalue weighted by Crippen LogP contribution is 2.51. The Hall–Kier alpha value is -2.78. The molecule has 0 saturated carbocycles.